The van der Waals surface area contributed by atoms with Crippen molar-refractivity contribution in [1.82, 2.24) is 0 Å². The molecule has 0 saturated carbocycles. The lowest BCUT2D eigenvalue weighted by Gasteiger charge is -2.01. The molecule has 0 aliphatic heterocycles. The van der Waals surface area contributed by atoms with Crippen LogP contribution < -0.4 is 0 Å². The molecule has 10 heavy (non-hydrogen) atoms. The lowest BCUT2D eigenvalue weighted by Crippen LogP contribution is -2.00. The molecule has 1 aliphatic carbocycles. The van der Waals surface area contributed by atoms with E-state index in [1.165, 1.54) is 3.58 Å². The summed E-state index contributed by atoms with van der Waals surface area (Å²) in [5, 5.41) is 10.2. The van der Waals surface area contributed by atoms with Gasteiger partial charge >= 0.3 is 0 Å². The first-order valence-corrected chi connectivity index (χ1v) is 3.97. The first-order valence-electron chi connectivity index (χ1n) is 2.90. The van der Waals surface area contributed by atoms with Crippen LogP contribution in [0, 0.1) is 10.1 Å². The Balaban J connectivity index is 2.74. The Morgan fingerprint density at radius 1 is 1.50 bits per heavy atom. The molecular formula is C6H6INO2. The van der Waals surface area contributed by atoms with Gasteiger partial charge in [-0.15, -0.1) is 0 Å². The molecule has 0 saturated heterocycles. The highest BCUT2D eigenvalue weighted by Gasteiger charge is 2.12. The zero-order valence-corrected chi connectivity index (χ0v) is 7.37. The molecule has 0 spiro atoms. The minimum atomic E-state index is -0.320. The molecule has 0 aromatic carbocycles. The van der Waals surface area contributed by atoms with Crippen LogP contribution in [-0.2, 0) is 0 Å². The van der Waals surface area contributed by atoms with Gasteiger partial charge in [0.15, 0.2) is 0 Å². The van der Waals surface area contributed by atoms with Crippen molar-refractivity contribution in [3.8, 4) is 0 Å². The van der Waals surface area contributed by atoms with Crippen LogP contribution in [0.1, 0.15) is 12.8 Å². The van der Waals surface area contributed by atoms with E-state index in [4.69, 9.17) is 0 Å². The average molecular weight is 251 g/mol. The maximum Gasteiger partial charge on any atom is 0.246 e. The largest absolute Gasteiger partial charge is 0.259 e. The van der Waals surface area contributed by atoms with Crippen molar-refractivity contribution < 1.29 is 4.92 Å². The second kappa shape index (κ2) is 3.14. The van der Waals surface area contributed by atoms with Gasteiger partial charge in [0.25, 0.3) is 0 Å². The summed E-state index contributed by atoms with van der Waals surface area (Å²) in [6, 6.07) is 0. The van der Waals surface area contributed by atoms with Gasteiger partial charge in [-0.2, -0.15) is 0 Å². The van der Waals surface area contributed by atoms with E-state index in [1.54, 1.807) is 12.2 Å². The highest BCUT2D eigenvalue weighted by Crippen LogP contribution is 2.22. The normalized spacial score (nSPS) is 17.7. The summed E-state index contributed by atoms with van der Waals surface area (Å²) in [5.41, 5.74) is 0.320. The van der Waals surface area contributed by atoms with E-state index in [-0.39, 0.29) is 4.92 Å². The lowest BCUT2D eigenvalue weighted by atomic mass is 10.1. The predicted octanol–water partition coefficient (Wildman–Crippen LogP) is 2.26. The van der Waals surface area contributed by atoms with Crippen molar-refractivity contribution in [2.45, 2.75) is 12.8 Å². The van der Waals surface area contributed by atoms with Crippen molar-refractivity contribution in [2.75, 3.05) is 0 Å². The quantitative estimate of drug-likeness (QED) is 0.407. The second-order valence-electron chi connectivity index (χ2n) is 2.03. The van der Waals surface area contributed by atoms with Gasteiger partial charge in [-0.05, 0) is 38.7 Å². The van der Waals surface area contributed by atoms with Crippen LogP contribution in [0.25, 0.3) is 0 Å². The van der Waals surface area contributed by atoms with Gasteiger partial charge in [0, 0.05) is 12.5 Å². The average Bonchev–Trinajstić information content (AvgIpc) is 1.88. The first kappa shape index (κ1) is 7.71. The second-order valence-corrected chi connectivity index (χ2v) is 3.41. The Labute approximate surface area is 72.1 Å². The van der Waals surface area contributed by atoms with Gasteiger partial charge < -0.3 is 0 Å². The summed E-state index contributed by atoms with van der Waals surface area (Å²) < 4.78 is 1.18. The van der Waals surface area contributed by atoms with Crippen LogP contribution in [0.15, 0.2) is 21.4 Å². The number of nitrogens with zero attached hydrogens (tertiary/aromatic N) is 1. The van der Waals surface area contributed by atoms with E-state index in [0.717, 1.165) is 6.42 Å². The monoisotopic (exact) mass is 251 g/mol. The summed E-state index contributed by atoms with van der Waals surface area (Å²) in [6.07, 6.45) is 4.75. The summed E-state index contributed by atoms with van der Waals surface area (Å²) in [7, 11) is 0. The summed E-state index contributed by atoms with van der Waals surface area (Å²) in [6.45, 7) is 0. The molecule has 0 atom stereocenters. The van der Waals surface area contributed by atoms with Crippen molar-refractivity contribution in [1.29, 1.82) is 0 Å². The third-order valence-electron chi connectivity index (χ3n) is 1.31. The van der Waals surface area contributed by atoms with Crippen LogP contribution >= 0.6 is 22.6 Å². The Kier molecular flexibility index (Phi) is 2.42. The summed E-state index contributed by atoms with van der Waals surface area (Å²) in [5.74, 6) is 0. The molecule has 54 valence electrons. The zero-order chi connectivity index (χ0) is 7.56. The molecule has 0 unspecified atom stereocenters. The van der Waals surface area contributed by atoms with E-state index < -0.39 is 0 Å². The van der Waals surface area contributed by atoms with Crippen LogP contribution in [0.3, 0.4) is 0 Å². The smallest absolute Gasteiger partial charge is 0.246 e. The Morgan fingerprint density at radius 2 is 2.20 bits per heavy atom. The maximum absolute atomic E-state index is 10.2. The van der Waals surface area contributed by atoms with Gasteiger partial charge in [0.1, 0.15) is 0 Å². The molecular weight excluding hydrogens is 245 g/mol. The van der Waals surface area contributed by atoms with Crippen LogP contribution in [0.2, 0.25) is 0 Å². The number of rotatable bonds is 1. The van der Waals surface area contributed by atoms with E-state index in [2.05, 4.69) is 22.6 Å². The number of halogens is 1. The number of allylic oxidation sites excluding steroid dienone is 4. The van der Waals surface area contributed by atoms with Crippen LogP contribution in [-0.4, -0.2) is 4.92 Å². The summed E-state index contributed by atoms with van der Waals surface area (Å²) in [4.78, 5) is 9.85. The number of hydrogen-bond donors (Lipinski definition) is 0. The maximum atomic E-state index is 10.2. The zero-order valence-electron chi connectivity index (χ0n) is 5.21. The van der Waals surface area contributed by atoms with Gasteiger partial charge in [-0.25, -0.2) is 0 Å². The molecule has 0 fully saturated rings. The third kappa shape index (κ3) is 1.80. The van der Waals surface area contributed by atoms with Gasteiger partial charge in [-0.3, -0.25) is 10.1 Å². The molecule has 0 bridgehead atoms. The van der Waals surface area contributed by atoms with Crippen molar-refractivity contribution in [3.05, 3.63) is 31.5 Å². The fourth-order valence-electron chi connectivity index (χ4n) is 0.753. The fraction of sp³-hybridized carbons (Fsp3) is 0.333. The highest BCUT2D eigenvalue weighted by molar-refractivity contribution is 14.1. The summed E-state index contributed by atoms with van der Waals surface area (Å²) >= 11 is 2.18. The van der Waals surface area contributed by atoms with E-state index in [9.17, 15) is 10.1 Å². The highest BCUT2D eigenvalue weighted by atomic mass is 127. The van der Waals surface area contributed by atoms with Crippen LogP contribution in [0.4, 0.5) is 0 Å². The van der Waals surface area contributed by atoms with Crippen LogP contribution in [0.5, 0.6) is 0 Å². The Hall–Kier alpha value is -0.390. The molecule has 0 aromatic heterocycles. The first-order chi connectivity index (χ1) is 4.70. The van der Waals surface area contributed by atoms with E-state index in [0.29, 0.717) is 12.1 Å². The molecule has 4 heteroatoms. The molecule has 0 radical (unpaired) electrons. The number of hydrogen-bond acceptors (Lipinski definition) is 2. The molecule has 0 N–H and O–H groups in total. The van der Waals surface area contributed by atoms with Gasteiger partial charge in [0.2, 0.25) is 5.70 Å². The van der Waals surface area contributed by atoms with E-state index in [1.807, 2.05) is 0 Å². The topological polar surface area (TPSA) is 43.1 Å². The Morgan fingerprint density at radius 3 is 2.60 bits per heavy atom. The predicted molar refractivity (Wildman–Crippen MR) is 46.4 cm³/mol. The Bertz CT molecular complexity index is 220. The molecule has 0 amide bonds. The molecule has 3 nitrogen and oxygen atoms in total. The number of nitro groups is 1. The van der Waals surface area contributed by atoms with Crippen molar-refractivity contribution in [2.24, 2.45) is 0 Å². The van der Waals surface area contributed by atoms with Crippen molar-refractivity contribution in [3.63, 3.8) is 0 Å². The standard InChI is InChI=1S/C6H6INO2/c7-5-1-3-6(4-2-5)8(9)10/h1,3H,2,4H2. The SMILES string of the molecule is O=[N+]([O-])C1=CC=C(I)CC1. The lowest BCUT2D eigenvalue weighted by molar-refractivity contribution is -0.428. The minimum Gasteiger partial charge on any atom is -0.259 e. The minimum absolute atomic E-state index is 0.320. The van der Waals surface area contributed by atoms with E-state index >= 15 is 0 Å². The molecule has 0 heterocycles. The molecule has 1 rings (SSSR count). The molecule has 0 aromatic rings. The molecule has 1 aliphatic rings. The van der Waals surface area contributed by atoms with Gasteiger partial charge in [0.05, 0.1) is 4.92 Å². The third-order valence-corrected chi connectivity index (χ3v) is 2.21. The fourth-order valence-corrected chi connectivity index (χ4v) is 1.20. The van der Waals surface area contributed by atoms with Crippen molar-refractivity contribution >= 4 is 22.6 Å². The van der Waals surface area contributed by atoms with Gasteiger partial charge in [-0.1, -0.05) is 0 Å².